The summed E-state index contributed by atoms with van der Waals surface area (Å²) in [5.74, 6) is 0.592. The van der Waals surface area contributed by atoms with Crippen molar-refractivity contribution in [3.63, 3.8) is 0 Å². The molecule has 0 atom stereocenters. The molecule has 5 heteroatoms. The van der Waals surface area contributed by atoms with Gasteiger partial charge in [-0.2, -0.15) is 0 Å². The molecule has 2 heterocycles. The zero-order valence-corrected chi connectivity index (χ0v) is 13.5. The van der Waals surface area contributed by atoms with Gasteiger partial charge in [0.2, 0.25) is 5.91 Å². The molecule has 22 heavy (non-hydrogen) atoms. The van der Waals surface area contributed by atoms with Gasteiger partial charge in [-0.1, -0.05) is 12.2 Å². The number of hydrogen-bond donors (Lipinski definition) is 1. The van der Waals surface area contributed by atoms with Crippen LogP contribution >= 0.6 is 0 Å². The highest BCUT2D eigenvalue weighted by molar-refractivity contribution is 5.79. The summed E-state index contributed by atoms with van der Waals surface area (Å²) in [6.07, 6.45) is 8.39. The van der Waals surface area contributed by atoms with E-state index >= 15 is 0 Å². The second-order valence-corrected chi connectivity index (χ2v) is 6.80. The molecular weight excluding hydrogens is 278 g/mol. The van der Waals surface area contributed by atoms with Gasteiger partial charge in [-0.3, -0.25) is 14.6 Å². The number of rotatable bonds is 4. The van der Waals surface area contributed by atoms with E-state index in [1.165, 1.54) is 0 Å². The van der Waals surface area contributed by atoms with Crippen molar-refractivity contribution in [1.29, 1.82) is 0 Å². The van der Waals surface area contributed by atoms with Crippen molar-refractivity contribution in [2.75, 3.05) is 52.4 Å². The predicted octanol–water partition coefficient (Wildman–Crippen LogP) is 0.554. The highest BCUT2D eigenvalue weighted by atomic mass is 16.3. The first-order valence-electron chi connectivity index (χ1n) is 8.79. The van der Waals surface area contributed by atoms with E-state index in [1.54, 1.807) is 0 Å². The van der Waals surface area contributed by atoms with Crippen LogP contribution in [0.25, 0.3) is 0 Å². The van der Waals surface area contributed by atoms with Crippen LogP contribution in [0.5, 0.6) is 0 Å². The fourth-order valence-electron chi connectivity index (χ4n) is 4.02. The molecule has 2 aliphatic heterocycles. The molecule has 1 amide bonds. The van der Waals surface area contributed by atoms with Gasteiger partial charge in [-0.25, -0.2) is 0 Å². The number of aliphatic hydroxyl groups excluding tert-OH is 1. The molecule has 0 bridgehead atoms. The maximum atomic E-state index is 12.4. The van der Waals surface area contributed by atoms with Gasteiger partial charge < -0.3 is 10.0 Å². The summed E-state index contributed by atoms with van der Waals surface area (Å²) in [6, 6.07) is 0.641. The Balaban J connectivity index is 1.41. The van der Waals surface area contributed by atoms with E-state index in [2.05, 4.69) is 26.9 Å². The van der Waals surface area contributed by atoms with Gasteiger partial charge in [0.05, 0.1) is 6.61 Å². The van der Waals surface area contributed by atoms with Crippen LogP contribution in [-0.4, -0.2) is 84.2 Å². The smallest absolute Gasteiger partial charge is 0.226 e. The van der Waals surface area contributed by atoms with Crippen LogP contribution in [-0.2, 0) is 4.79 Å². The molecule has 0 radical (unpaired) electrons. The van der Waals surface area contributed by atoms with Crippen LogP contribution in [0.2, 0.25) is 0 Å². The third kappa shape index (κ3) is 3.70. The van der Waals surface area contributed by atoms with Crippen molar-refractivity contribution >= 4 is 5.91 Å². The summed E-state index contributed by atoms with van der Waals surface area (Å²) < 4.78 is 0. The van der Waals surface area contributed by atoms with E-state index in [0.717, 1.165) is 71.5 Å². The number of carbonyl (C=O) groups is 1. The Labute approximate surface area is 133 Å². The number of piperidine rings is 1. The Morgan fingerprint density at radius 1 is 1.00 bits per heavy atom. The van der Waals surface area contributed by atoms with Crippen molar-refractivity contribution in [2.45, 2.75) is 31.7 Å². The van der Waals surface area contributed by atoms with Crippen molar-refractivity contribution in [2.24, 2.45) is 5.92 Å². The van der Waals surface area contributed by atoms with Gasteiger partial charge in [0.1, 0.15) is 0 Å². The number of aliphatic hydroxyl groups is 1. The van der Waals surface area contributed by atoms with Crippen LogP contribution in [0.3, 0.4) is 0 Å². The Bertz CT molecular complexity index is 389. The molecule has 0 saturated carbocycles. The van der Waals surface area contributed by atoms with Crippen LogP contribution in [0.1, 0.15) is 25.7 Å². The Morgan fingerprint density at radius 2 is 1.64 bits per heavy atom. The molecule has 0 aromatic carbocycles. The Morgan fingerprint density at radius 3 is 2.23 bits per heavy atom. The fraction of sp³-hybridized carbons (Fsp3) is 0.824. The lowest BCUT2D eigenvalue weighted by atomic mass is 9.99. The number of amides is 1. The zero-order valence-electron chi connectivity index (χ0n) is 13.5. The van der Waals surface area contributed by atoms with Crippen LogP contribution < -0.4 is 0 Å². The lowest BCUT2D eigenvalue weighted by Crippen LogP contribution is -2.54. The number of nitrogens with zero attached hydrogens (tertiary/aromatic N) is 3. The van der Waals surface area contributed by atoms with Gasteiger partial charge in [-0.15, -0.1) is 0 Å². The number of carbonyl (C=O) groups excluding carboxylic acids is 1. The average molecular weight is 307 g/mol. The second kappa shape index (κ2) is 7.57. The summed E-state index contributed by atoms with van der Waals surface area (Å²) in [7, 11) is 0. The minimum atomic E-state index is 0.221. The quantitative estimate of drug-likeness (QED) is 0.771. The summed E-state index contributed by atoms with van der Waals surface area (Å²) >= 11 is 0. The summed E-state index contributed by atoms with van der Waals surface area (Å²) in [6.45, 7) is 7.25. The molecule has 124 valence electrons. The van der Waals surface area contributed by atoms with Crippen LogP contribution in [0.4, 0.5) is 0 Å². The molecule has 3 aliphatic rings. The van der Waals surface area contributed by atoms with Gasteiger partial charge in [0.15, 0.2) is 0 Å². The second-order valence-electron chi connectivity index (χ2n) is 6.80. The minimum absolute atomic E-state index is 0.221. The van der Waals surface area contributed by atoms with Crippen molar-refractivity contribution in [3.8, 4) is 0 Å². The third-order valence-corrected chi connectivity index (χ3v) is 5.47. The maximum absolute atomic E-state index is 12.4. The number of likely N-dealkylation sites (tertiary alicyclic amines) is 1. The molecular formula is C17H29N3O2. The Hall–Kier alpha value is -0.910. The fourth-order valence-corrected chi connectivity index (χ4v) is 4.02. The number of hydrogen-bond acceptors (Lipinski definition) is 4. The lowest BCUT2D eigenvalue weighted by Gasteiger charge is -2.43. The maximum Gasteiger partial charge on any atom is 0.226 e. The number of piperazine rings is 1. The Kier molecular flexibility index (Phi) is 5.50. The topological polar surface area (TPSA) is 47.0 Å². The van der Waals surface area contributed by atoms with Crippen molar-refractivity contribution in [3.05, 3.63) is 12.2 Å². The average Bonchev–Trinajstić information content (AvgIpc) is 3.10. The van der Waals surface area contributed by atoms with E-state index in [9.17, 15) is 4.79 Å². The predicted molar refractivity (Wildman–Crippen MR) is 86.6 cm³/mol. The molecule has 3 rings (SSSR count). The third-order valence-electron chi connectivity index (χ3n) is 5.47. The number of allylic oxidation sites excluding steroid dienone is 2. The monoisotopic (exact) mass is 307 g/mol. The van der Waals surface area contributed by atoms with Crippen LogP contribution in [0.15, 0.2) is 12.2 Å². The molecule has 5 nitrogen and oxygen atoms in total. The normalized spacial score (nSPS) is 26.0. The van der Waals surface area contributed by atoms with Crippen molar-refractivity contribution in [1.82, 2.24) is 14.7 Å². The largest absolute Gasteiger partial charge is 0.395 e. The SMILES string of the molecule is O=C(C1CC=CC1)N1CCC(N2CCN(CCO)CC2)CC1. The molecule has 2 fully saturated rings. The van der Waals surface area contributed by atoms with Gasteiger partial charge in [0.25, 0.3) is 0 Å². The molecule has 1 N–H and O–H groups in total. The number of β-amino-alcohol motifs (C(OH)–C–C–N with tert-alkyl or cyclic N) is 1. The van der Waals surface area contributed by atoms with Gasteiger partial charge >= 0.3 is 0 Å². The molecule has 0 aromatic rings. The molecule has 1 aliphatic carbocycles. The first-order chi connectivity index (χ1) is 10.8. The zero-order chi connectivity index (χ0) is 15.4. The standard InChI is InChI=1S/C17H29N3O2/c21-14-13-18-9-11-19(12-10-18)16-5-7-20(8-6-16)17(22)15-3-1-2-4-15/h1-2,15-16,21H,3-14H2. The van der Waals surface area contributed by atoms with E-state index in [0.29, 0.717) is 11.9 Å². The van der Waals surface area contributed by atoms with Crippen molar-refractivity contribution < 1.29 is 9.90 Å². The first kappa shape index (κ1) is 16.0. The summed E-state index contributed by atoms with van der Waals surface area (Å²) in [5.41, 5.74) is 0. The first-order valence-corrected chi connectivity index (χ1v) is 8.79. The summed E-state index contributed by atoms with van der Waals surface area (Å²) in [5, 5.41) is 9.01. The molecule has 0 spiro atoms. The highest BCUT2D eigenvalue weighted by Gasteiger charge is 2.31. The van der Waals surface area contributed by atoms with Gasteiger partial charge in [-0.05, 0) is 25.7 Å². The van der Waals surface area contributed by atoms with E-state index < -0.39 is 0 Å². The lowest BCUT2D eigenvalue weighted by molar-refractivity contribution is -0.136. The van der Waals surface area contributed by atoms with Gasteiger partial charge in [0, 0.05) is 57.8 Å². The molecule has 2 saturated heterocycles. The molecule has 0 unspecified atom stereocenters. The van der Waals surface area contributed by atoms with Crippen LogP contribution in [0, 0.1) is 5.92 Å². The molecule has 0 aromatic heterocycles. The van der Waals surface area contributed by atoms with E-state index in [-0.39, 0.29) is 12.5 Å². The van der Waals surface area contributed by atoms with E-state index in [4.69, 9.17) is 5.11 Å². The van der Waals surface area contributed by atoms with E-state index in [1.807, 2.05) is 0 Å². The minimum Gasteiger partial charge on any atom is -0.395 e. The highest BCUT2D eigenvalue weighted by Crippen LogP contribution is 2.24. The summed E-state index contributed by atoms with van der Waals surface area (Å²) in [4.78, 5) is 19.5.